The summed E-state index contributed by atoms with van der Waals surface area (Å²) in [6, 6.07) is 12.0. The number of hydrogen-bond donors (Lipinski definition) is 2. The molecule has 0 atom stereocenters. The van der Waals surface area contributed by atoms with Gasteiger partial charge in [0.2, 0.25) is 0 Å². The Hall–Kier alpha value is -2.86. The fourth-order valence-electron chi connectivity index (χ4n) is 4.53. The summed E-state index contributed by atoms with van der Waals surface area (Å²) in [5.41, 5.74) is 5.93. The summed E-state index contributed by atoms with van der Waals surface area (Å²) in [7, 11) is 1.65. The second-order valence-corrected chi connectivity index (χ2v) is 8.34. The fraction of sp³-hybridized carbons (Fsp3) is 0.440. The highest BCUT2D eigenvalue weighted by Crippen LogP contribution is 2.27. The van der Waals surface area contributed by atoms with E-state index in [0.29, 0.717) is 12.5 Å². The minimum atomic E-state index is -0.0495. The summed E-state index contributed by atoms with van der Waals surface area (Å²) in [4.78, 5) is 13.3. The highest BCUT2D eigenvalue weighted by molar-refractivity contribution is 5.98. The van der Waals surface area contributed by atoms with Crippen LogP contribution in [0.1, 0.15) is 52.6 Å². The molecule has 3 heterocycles. The van der Waals surface area contributed by atoms with Crippen molar-refractivity contribution in [1.29, 1.82) is 0 Å². The maximum absolute atomic E-state index is 13.3. The number of nitrogens with one attached hydrogen (secondary N) is 2. The maximum Gasteiger partial charge on any atom is 0.253 e. The lowest BCUT2D eigenvalue weighted by Crippen LogP contribution is -2.30. The predicted octanol–water partition coefficient (Wildman–Crippen LogP) is 3.69. The van der Waals surface area contributed by atoms with Crippen molar-refractivity contribution in [3.05, 3.63) is 64.5 Å². The van der Waals surface area contributed by atoms with Crippen molar-refractivity contribution in [2.45, 2.75) is 46.1 Å². The Balaban J connectivity index is 1.64. The zero-order chi connectivity index (χ0) is 21.8. The third-order valence-electron chi connectivity index (χ3n) is 6.31. The number of ether oxygens (including phenoxy) is 1. The van der Waals surface area contributed by atoms with Crippen molar-refractivity contribution < 1.29 is 9.53 Å². The number of aromatic nitrogens is 2. The number of methoxy groups -OCH3 is 1. The number of benzene rings is 1. The number of carbonyl (C=O) groups is 1. The second-order valence-electron chi connectivity index (χ2n) is 8.34. The number of carbonyl (C=O) groups excluding carboxylic acids is 1. The first-order chi connectivity index (χ1) is 15.1. The monoisotopic (exact) mass is 420 g/mol. The maximum atomic E-state index is 13.3. The van der Waals surface area contributed by atoms with Crippen LogP contribution in [0.3, 0.4) is 0 Å². The van der Waals surface area contributed by atoms with E-state index in [1.54, 1.807) is 7.11 Å². The number of aryl methyl sites for hydroxylation is 2. The normalized spacial score (nSPS) is 14.7. The molecule has 0 spiro atoms. The Morgan fingerprint density at radius 1 is 1.19 bits per heavy atom. The molecule has 0 saturated carbocycles. The standard InChI is InChI=1S/C25H32N4O2/c1-4-20-7-10-23-22(15-18-11-13-26-14-12-18)24(17(2)28-29(20)23)25(30)27-16-19-5-8-21(31-3)9-6-19/h5-10,18,26H,4,11-16H2,1-3H3,(H,27,30). The van der Waals surface area contributed by atoms with Gasteiger partial charge in [-0.2, -0.15) is 5.10 Å². The highest BCUT2D eigenvalue weighted by Gasteiger charge is 2.24. The highest BCUT2D eigenvalue weighted by atomic mass is 16.5. The lowest BCUT2D eigenvalue weighted by Gasteiger charge is -2.24. The Bertz CT molecular complexity index is 1050. The molecular formula is C25H32N4O2. The van der Waals surface area contributed by atoms with Crippen LogP contribution in [0.2, 0.25) is 0 Å². The summed E-state index contributed by atoms with van der Waals surface area (Å²) in [5.74, 6) is 1.34. The molecule has 2 aromatic heterocycles. The first-order valence-electron chi connectivity index (χ1n) is 11.2. The first-order valence-corrected chi connectivity index (χ1v) is 11.2. The molecule has 164 valence electrons. The van der Waals surface area contributed by atoms with Crippen LogP contribution in [-0.4, -0.2) is 35.7 Å². The van der Waals surface area contributed by atoms with Crippen molar-refractivity contribution in [3.63, 3.8) is 0 Å². The van der Waals surface area contributed by atoms with E-state index in [9.17, 15) is 4.79 Å². The van der Waals surface area contributed by atoms with Gasteiger partial charge in [0.15, 0.2) is 0 Å². The average molecular weight is 421 g/mol. The van der Waals surface area contributed by atoms with Crippen LogP contribution in [0.25, 0.3) is 5.52 Å². The van der Waals surface area contributed by atoms with Crippen molar-refractivity contribution in [2.75, 3.05) is 20.2 Å². The molecule has 0 aliphatic carbocycles. The summed E-state index contributed by atoms with van der Waals surface area (Å²) >= 11 is 0. The van der Waals surface area contributed by atoms with Crippen LogP contribution in [-0.2, 0) is 19.4 Å². The van der Waals surface area contributed by atoms with Gasteiger partial charge in [-0.05, 0) is 87.0 Å². The van der Waals surface area contributed by atoms with E-state index in [1.807, 2.05) is 35.7 Å². The third-order valence-corrected chi connectivity index (χ3v) is 6.31. The minimum Gasteiger partial charge on any atom is -0.497 e. The number of amides is 1. The lowest BCUT2D eigenvalue weighted by molar-refractivity contribution is 0.0948. The largest absolute Gasteiger partial charge is 0.497 e. The van der Waals surface area contributed by atoms with Crippen LogP contribution in [0.5, 0.6) is 5.75 Å². The third kappa shape index (κ3) is 4.59. The molecule has 2 N–H and O–H groups in total. The molecule has 0 bridgehead atoms. The molecule has 1 fully saturated rings. The van der Waals surface area contributed by atoms with E-state index in [0.717, 1.165) is 72.4 Å². The van der Waals surface area contributed by atoms with E-state index in [1.165, 1.54) is 5.69 Å². The molecule has 0 unspecified atom stereocenters. The number of hydrogen-bond acceptors (Lipinski definition) is 4. The van der Waals surface area contributed by atoms with Gasteiger partial charge in [0.1, 0.15) is 5.75 Å². The van der Waals surface area contributed by atoms with E-state index in [4.69, 9.17) is 9.84 Å². The van der Waals surface area contributed by atoms with E-state index < -0.39 is 0 Å². The molecule has 4 rings (SSSR count). The zero-order valence-corrected chi connectivity index (χ0v) is 18.7. The van der Waals surface area contributed by atoms with Gasteiger partial charge in [0.05, 0.1) is 23.9 Å². The number of rotatable bonds is 7. The summed E-state index contributed by atoms with van der Waals surface area (Å²) in [6.45, 7) is 6.66. The molecule has 1 saturated heterocycles. The first kappa shape index (κ1) is 21.4. The molecule has 1 aliphatic rings. The van der Waals surface area contributed by atoms with Gasteiger partial charge in [-0.1, -0.05) is 19.1 Å². The van der Waals surface area contributed by atoms with Gasteiger partial charge in [-0.15, -0.1) is 0 Å². The Morgan fingerprint density at radius 3 is 2.61 bits per heavy atom. The molecular weight excluding hydrogens is 388 g/mol. The number of nitrogens with zero attached hydrogens (tertiary/aromatic N) is 2. The van der Waals surface area contributed by atoms with Gasteiger partial charge >= 0.3 is 0 Å². The molecule has 1 aliphatic heterocycles. The smallest absolute Gasteiger partial charge is 0.253 e. The van der Waals surface area contributed by atoms with Gasteiger partial charge in [-0.3, -0.25) is 4.79 Å². The minimum absolute atomic E-state index is 0.0495. The van der Waals surface area contributed by atoms with E-state index in [2.05, 4.69) is 29.7 Å². The van der Waals surface area contributed by atoms with Crippen LogP contribution >= 0.6 is 0 Å². The Kier molecular flexibility index (Phi) is 6.56. The van der Waals surface area contributed by atoms with Crippen molar-refractivity contribution in [3.8, 4) is 5.75 Å². The van der Waals surface area contributed by atoms with Gasteiger partial charge in [0.25, 0.3) is 5.91 Å². The number of fused-ring (bicyclic) bond motifs is 1. The van der Waals surface area contributed by atoms with Crippen LogP contribution in [0, 0.1) is 12.8 Å². The summed E-state index contributed by atoms with van der Waals surface area (Å²) < 4.78 is 7.25. The number of piperidine rings is 1. The SMILES string of the molecule is CCc1ccc2c(CC3CCNCC3)c(C(=O)NCc3ccc(OC)cc3)c(C)nn12. The molecule has 6 heteroatoms. The molecule has 6 nitrogen and oxygen atoms in total. The molecule has 1 aromatic carbocycles. The van der Waals surface area contributed by atoms with Crippen molar-refractivity contribution in [2.24, 2.45) is 5.92 Å². The summed E-state index contributed by atoms with van der Waals surface area (Å²) in [6.07, 6.45) is 4.10. The molecule has 3 aromatic rings. The van der Waals surface area contributed by atoms with Crippen LogP contribution < -0.4 is 15.4 Å². The van der Waals surface area contributed by atoms with Gasteiger partial charge in [0, 0.05) is 12.2 Å². The lowest BCUT2D eigenvalue weighted by atomic mass is 9.88. The second kappa shape index (κ2) is 9.52. The van der Waals surface area contributed by atoms with Crippen molar-refractivity contribution in [1.82, 2.24) is 20.2 Å². The van der Waals surface area contributed by atoms with Gasteiger partial charge in [-0.25, -0.2) is 4.52 Å². The Morgan fingerprint density at radius 2 is 1.94 bits per heavy atom. The molecule has 31 heavy (non-hydrogen) atoms. The fourth-order valence-corrected chi connectivity index (χ4v) is 4.53. The van der Waals surface area contributed by atoms with Gasteiger partial charge < -0.3 is 15.4 Å². The predicted molar refractivity (Wildman–Crippen MR) is 123 cm³/mol. The van der Waals surface area contributed by atoms with Crippen LogP contribution in [0.4, 0.5) is 0 Å². The molecule has 0 radical (unpaired) electrons. The Labute approximate surface area is 184 Å². The molecule has 1 amide bonds. The van der Waals surface area contributed by atoms with Crippen molar-refractivity contribution >= 4 is 11.4 Å². The quantitative estimate of drug-likeness (QED) is 0.612. The topological polar surface area (TPSA) is 67.7 Å². The average Bonchev–Trinajstić information content (AvgIpc) is 3.21. The van der Waals surface area contributed by atoms with E-state index in [-0.39, 0.29) is 5.91 Å². The zero-order valence-electron chi connectivity index (χ0n) is 18.7. The van der Waals surface area contributed by atoms with Crippen LogP contribution in [0.15, 0.2) is 36.4 Å². The van der Waals surface area contributed by atoms with E-state index >= 15 is 0 Å². The summed E-state index contributed by atoms with van der Waals surface area (Å²) in [5, 5.41) is 11.3.